The SMILES string of the molecule is CCO[P@](C)(=O)c1ccccc1OC(C)=O. The maximum absolute atomic E-state index is 12.2. The van der Waals surface area contributed by atoms with Gasteiger partial charge in [0.15, 0.2) is 0 Å². The highest BCUT2D eigenvalue weighted by atomic mass is 31.2. The van der Waals surface area contributed by atoms with E-state index in [2.05, 4.69) is 0 Å². The number of esters is 1. The third-order valence-electron chi connectivity index (χ3n) is 1.93. The number of benzene rings is 1. The molecule has 0 aromatic heterocycles. The summed E-state index contributed by atoms with van der Waals surface area (Å²) in [6.07, 6.45) is 0. The van der Waals surface area contributed by atoms with E-state index in [1.54, 1.807) is 31.2 Å². The maximum Gasteiger partial charge on any atom is 0.308 e. The predicted octanol–water partition coefficient (Wildman–Crippen LogP) is 2.18. The van der Waals surface area contributed by atoms with Gasteiger partial charge in [0.1, 0.15) is 5.75 Å². The Balaban J connectivity index is 3.12. The highest BCUT2D eigenvalue weighted by molar-refractivity contribution is 7.66. The van der Waals surface area contributed by atoms with Crippen molar-refractivity contribution < 1.29 is 18.6 Å². The number of para-hydroxylation sites is 1. The van der Waals surface area contributed by atoms with Crippen molar-refractivity contribution in [2.45, 2.75) is 13.8 Å². The van der Waals surface area contributed by atoms with E-state index in [0.29, 0.717) is 17.7 Å². The van der Waals surface area contributed by atoms with Crippen LogP contribution >= 0.6 is 7.37 Å². The second kappa shape index (κ2) is 5.28. The fourth-order valence-electron chi connectivity index (χ4n) is 1.35. The lowest BCUT2D eigenvalue weighted by Crippen LogP contribution is -2.14. The molecule has 0 spiro atoms. The zero-order valence-corrected chi connectivity index (χ0v) is 10.5. The van der Waals surface area contributed by atoms with Gasteiger partial charge in [-0.25, -0.2) is 0 Å². The van der Waals surface area contributed by atoms with Gasteiger partial charge in [-0.1, -0.05) is 12.1 Å². The molecular formula is C11H15O4P. The summed E-state index contributed by atoms with van der Waals surface area (Å²) >= 11 is 0. The van der Waals surface area contributed by atoms with Crippen LogP contribution in [-0.4, -0.2) is 19.2 Å². The molecule has 0 aliphatic heterocycles. The van der Waals surface area contributed by atoms with Crippen LogP contribution in [0.15, 0.2) is 24.3 Å². The Labute approximate surface area is 95.0 Å². The third-order valence-corrected chi connectivity index (χ3v) is 3.93. The zero-order chi connectivity index (χ0) is 12.2. The molecule has 1 rings (SSSR count). The van der Waals surface area contributed by atoms with Crippen molar-refractivity contribution in [2.24, 2.45) is 0 Å². The van der Waals surface area contributed by atoms with Crippen LogP contribution in [0.1, 0.15) is 13.8 Å². The van der Waals surface area contributed by atoms with Gasteiger partial charge in [-0.05, 0) is 19.1 Å². The van der Waals surface area contributed by atoms with E-state index in [9.17, 15) is 9.36 Å². The van der Waals surface area contributed by atoms with Gasteiger partial charge < -0.3 is 9.26 Å². The van der Waals surface area contributed by atoms with Gasteiger partial charge in [0.2, 0.25) is 7.37 Å². The molecule has 0 fully saturated rings. The molecule has 5 heteroatoms. The Morgan fingerprint density at radius 3 is 2.56 bits per heavy atom. The summed E-state index contributed by atoms with van der Waals surface area (Å²) in [5.74, 6) is -0.141. The van der Waals surface area contributed by atoms with Crippen molar-refractivity contribution >= 4 is 18.6 Å². The topological polar surface area (TPSA) is 52.6 Å². The summed E-state index contributed by atoms with van der Waals surface area (Å²) < 4.78 is 22.4. The van der Waals surface area contributed by atoms with E-state index in [1.165, 1.54) is 13.6 Å². The molecule has 1 aromatic carbocycles. The lowest BCUT2D eigenvalue weighted by atomic mass is 10.3. The predicted molar refractivity (Wildman–Crippen MR) is 62.5 cm³/mol. The molecule has 88 valence electrons. The summed E-state index contributed by atoms with van der Waals surface area (Å²) in [7, 11) is -2.92. The number of hydrogen-bond acceptors (Lipinski definition) is 4. The molecule has 0 radical (unpaired) electrons. The molecule has 0 saturated carbocycles. The quantitative estimate of drug-likeness (QED) is 0.461. The van der Waals surface area contributed by atoms with Crippen molar-refractivity contribution in [3.05, 3.63) is 24.3 Å². The van der Waals surface area contributed by atoms with Gasteiger partial charge in [0, 0.05) is 13.6 Å². The highest BCUT2D eigenvalue weighted by Crippen LogP contribution is 2.43. The van der Waals surface area contributed by atoms with Gasteiger partial charge in [-0.2, -0.15) is 0 Å². The molecule has 0 heterocycles. The number of carbonyl (C=O) groups excluding carboxylic acids is 1. The molecule has 0 unspecified atom stereocenters. The summed E-state index contributed by atoms with van der Waals surface area (Å²) in [6, 6.07) is 6.70. The van der Waals surface area contributed by atoms with Crippen molar-refractivity contribution in [1.29, 1.82) is 0 Å². The number of rotatable bonds is 4. The molecule has 0 saturated heterocycles. The lowest BCUT2D eigenvalue weighted by Gasteiger charge is -2.15. The van der Waals surface area contributed by atoms with Crippen molar-refractivity contribution in [3.63, 3.8) is 0 Å². The Kier molecular flexibility index (Phi) is 4.27. The molecule has 0 aliphatic carbocycles. The summed E-state index contributed by atoms with van der Waals surface area (Å²) in [6.45, 7) is 4.93. The van der Waals surface area contributed by atoms with Crippen molar-refractivity contribution in [3.8, 4) is 5.75 Å². The van der Waals surface area contributed by atoms with Crippen molar-refractivity contribution in [2.75, 3.05) is 13.3 Å². The van der Waals surface area contributed by atoms with Crippen LogP contribution in [0.2, 0.25) is 0 Å². The van der Waals surface area contributed by atoms with Gasteiger partial charge in [-0.3, -0.25) is 9.36 Å². The van der Waals surface area contributed by atoms with E-state index >= 15 is 0 Å². The van der Waals surface area contributed by atoms with Gasteiger partial charge in [0.05, 0.1) is 11.9 Å². The molecule has 4 nitrogen and oxygen atoms in total. The summed E-state index contributed by atoms with van der Waals surface area (Å²) in [4.78, 5) is 10.9. The standard InChI is InChI=1S/C11H15O4P/c1-4-14-16(3,13)11-8-6-5-7-10(11)15-9(2)12/h5-8H,4H2,1-3H3/t16-/m0/s1. The normalized spacial score (nSPS) is 14.2. The Morgan fingerprint density at radius 1 is 1.38 bits per heavy atom. The van der Waals surface area contributed by atoms with Crippen LogP contribution in [0.5, 0.6) is 5.75 Å². The largest absolute Gasteiger partial charge is 0.426 e. The van der Waals surface area contributed by atoms with Crippen LogP contribution < -0.4 is 10.0 Å². The van der Waals surface area contributed by atoms with Crippen LogP contribution in [0, 0.1) is 0 Å². The first-order valence-electron chi connectivity index (χ1n) is 4.97. The minimum absolute atomic E-state index is 0.300. The molecule has 16 heavy (non-hydrogen) atoms. The fraction of sp³-hybridized carbons (Fsp3) is 0.364. The number of hydrogen-bond donors (Lipinski definition) is 0. The Bertz CT molecular complexity index is 428. The van der Waals surface area contributed by atoms with Crippen LogP contribution in [0.4, 0.5) is 0 Å². The molecule has 0 aliphatic rings. The number of ether oxygens (including phenoxy) is 1. The summed E-state index contributed by atoms with van der Waals surface area (Å²) in [5.41, 5.74) is 0. The second-order valence-corrected chi connectivity index (χ2v) is 5.76. The van der Waals surface area contributed by atoms with Gasteiger partial charge in [0.25, 0.3) is 0 Å². The lowest BCUT2D eigenvalue weighted by molar-refractivity contribution is -0.131. The minimum atomic E-state index is -2.92. The van der Waals surface area contributed by atoms with Crippen LogP contribution in [0.25, 0.3) is 0 Å². The first kappa shape index (κ1) is 12.9. The molecule has 1 aromatic rings. The van der Waals surface area contributed by atoms with Gasteiger partial charge in [-0.15, -0.1) is 0 Å². The zero-order valence-electron chi connectivity index (χ0n) is 9.60. The average Bonchev–Trinajstić information content (AvgIpc) is 2.17. The molecule has 0 amide bonds. The molecule has 1 atom stereocenters. The summed E-state index contributed by atoms with van der Waals surface area (Å²) in [5, 5.41) is 0.437. The van der Waals surface area contributed by atoms with E-state index in [4.69, 9.17) is 9.26 Å². The van der Waals surface area contributed by atoms with Gasteiger partial charge >= 0.3 is 5.97 Å². The van der Waals surface area contributed by atoms with E-state index in [1.807, 2.05) is 0 Å². The number of carbonyl (C=O) groups is 1. The molecular weight excluding hydrogens is 227 g/mol. The van der Waals surface area contributed by atoms with E-state index in [-0.39, 0.29) is 0 Å². The molecule has 0 N–H and O–H groups in total. The Morgan fingerprint density at radius 2 is 2.00 bits per heavy atom. The molecule has 0 bridgehead atoms. The first-order valence-corrected chi connectivity index (χ1v) is 7.04. The fourth-order valence-corrected chi connectivity index (χ4v) is 2.86. The third kappa shape index (κ3) is 3.19. The smallest absolute Gasteiger partial charge is 0.308 e. The monoisotopic (exact) mass is 242 g/mol. The van der Waals surface area contributed by atoms with E-state index < -0.39 is 13.3 Å². The minimum Gasteiger partial charge on any atom is -0.426 e. The maximum atomic E-state index is 12.2. The first-order chi connectivity index (χ1) is 7.47. The van der Waals surface area contributed by atoms with E-state index in [0.717, 1.165) is 0 Å². The van der Waals surface area contributed by atoms with Crippen LogP contribution in [0.3, 0.4) is 0 Å². The van der Waals surface area contributed by atoms with Crippen LogP contribution in [-0.2, 0) is 13.9 Å². The highest BCUT2D eigenvalue weighted by Gasteiger charge is 2.23. The second-order valence-electron chi connectivity index (χ2n) is 3.33. The Hall–Kier alpha value is -1.12. The van der Waals surface area contributed by atoms with Crippen molar-refractivity contribution in [1.82, 2.24) is 0 Å². The average molecular weight is 242 g/mol.